The number of anilines is 2. The van der Waals surface area contributed by atoms with Crippen LogP contribution in [0, 0.1) is 0 Å². The molecule has 2 N–H and O–H groups in total. The van der Waals surface area contributed by atoms with Crippen molar-refractivity contribution in [1.82, 2.24) is 0 Å². The van der Waals surface area contributed by atoms with Gasteiger partial charge in [0.05, 0.1) is 0 Å². The van der Waals surface area contributed by atoms with Crippen LogP contribution in [0.15, 0.2) is 36.4 Å². The fourth-order valence-electron chi connectivity index (χ4n) is 3.25. The van der Waals surface area contributed by atoms with E-state index >= 15 is 0 Å². The summed E-state index contributed by atoms with van der Waals surface area (Å²) in [7, 11) is -0.126. The Morgan fingerprint density at radius 2 is 1.35 bits per heavy atom. The number of hydrogen-bond donors (Lipinski definition) is 2. The van der Waals surface area contributed by atoms with Gasteiger partial charge >= 0.3 is 6.70 Å². The summed E-state index contributed by atoms with van der Waals surface area (Å²) >= 11 is 0. The summed E-state index contributed by atoms with van der Waals surface area (Å²) in [4.78, 5) is 0. The van der Waals surface area contributed by atoms with E-state index in [4.69, 9.17) is 0 Å². The second-order valence-electron chi connectivity index (χ2n) is 6.04. The maximum absolute atomic E-state index is 3.74. The Kier molecular flexibility index (Phi) is 3.64. The van der Waals surface area contributed by atoms with Crippen LogP contribution >= 0.6 is 7.80 Å². The van der Waals surface area contributed by atoms with Crippen LogP contribution in [0.25, 0.3) is 10.8 Å². The molecule has 20 heavy (non-hydrogen) atoms. The molecule has 0 saturated carbocycles. The molecule has 0 aromatic heterocycles. The van der Waals surface area contributed by atoms with Gasteiger partial charge in [0, 0.05) is 16.8 Å². The predicted molar refractivity (Wildman–Crippen MR) is 94.1 cm³/mol. The Morgan fingerprint density at radius 1 is 0.850 bits per heavy atom. The zero-order chi connectivity index (χ0) is 14.3. The summed E-state index contributed by atoms with van der Waals surface area (Å²) in [6.45, 7) is 9.74. The van der Waals surface area contributed by atoms with Crippen LogP contribution in [0.5, 0.6) is 0 Å². The molecular formula is C16H22BN2P. The van der Waals surface area contributed by atoms with Gasteiger partial charge in [0.1, 0.15) is 0 Å². The van der Waals surface area contributed by atoms with E-state index in [1.807, 2.05) is 0 Å². The molecule has 1 aliphatic rings. The van der Waals surface area contributed by atoms with Gasteiger partial charge < -0.3 is 10.5 Å². The van der Waals surface area contributed by atoms with Crippen LogP contribution in [0.3, 0.4) is 0 Å². The fraction of sp³-hybridized carbons (Fsp3) is 0.375. The van der Waals surface area contributed by atoms with Gasteiger partial charge in [-0.3, -0.25) is 0 Å². The second-order valence-corrected chi connectivity index (χ2v) is 9.51. The lowest BCUT2D eigenvalue weighted by molar-refractivity contribution is 1.02. The van der Waals surface area contributed by atoms with E-state index in [9.17, 15) is 0 Å². The summed E-state index contributed by atoms with van der Waals surface area (Å²) in [5.41, 5.74) is 3.96. The van der Waals surface area contributed by atoms with Crippen molar-refractivity contribution < 1.29 is 0 Å². The highest BCUT2D eigenvalue weighted by molar-refractivity contribution is 7.92. The van der Waals surface area contributed by atoms with Crippen LogP contribution in [0.2, 0.25) is 0 Å². The Morgan fingerprint density at radius 3 is 1.80 bits per heavy atom. The molecule has 0 saturated heterocycles. The van der Waals surface area contributed by atoms with Gasteiger partial charge in [0.15, 0.2) is 0 Å². The van der Waals surface area contributed by atoms with Crippen molar-refractivity contribution in [2.75, 3.05) is 10.5 Å². The molecule has 4 heteroatoms. The number of rotatable bonds is 3. The maximum atomic E-state index is 3.74. The van der Waals surface area contributed by atoms with Gasteiger partial charge in [0.25, 0.3) is 0 Å². The van der Waals surface area contributed by atoms with E-state index in [0.29, 0.717) is 18.0 Å². The largest absolute Gasteiger partial charge is 0.405 e. The first-order valence-electron chi connectivity index (χ1n) is 7.40. The summed E-state index contributed by atoms with van der Waals surface area (Å²) in [6.07, 6.45) is 0. The van der Waals surface area contributed by atoms with E-state index in [2.05, 4.69) is 74.5 Å². The third-order valence-corrected chi connectivity index (χ3v) is 7.22. The van der Waals surface area contributed by atoms with Gasteiger partial charge in [-0.2, -0.15) is 0 Å². The van der Waals surface area contributed by atoms with E-state index in [1.54, 1.807) is 0 Å². The van der Waals surface area contributed by atoms with Crippen molar-refractivity contribution in [3.05, 3.63) is 36.4 Å². The Hall–Kier alpha value is -1.21. The molecule has 0 amide bonds. The zero-order valence-electron chi connectivity index (χ0n) is 12.6. The third-order valence-electron chi connectivity index (χ3n) is 3.98. The second kappa shape index (κ2) is 5.29. The Labute approximate surface area is 123 Å². The molecule has 0 spiro atoms. The minimum atomic E-state index is -0.126. The maximum Gasteiger partial charge on any atom is 0.399 e. The highest BCUT2D eigenvalue weighted by Crippen LogP contribution is 2.50. The van der Waals surface area contributed by atoms with Crippen molar-refractivity contribution in [1.29, 1.82) is 0 Å². The highest BCUT2D eigenvalue weighted by Gasteiger charge is 2.34. The average Bonchev–Trinajstić information content (AvgIpc) is 2.38. The molecule has 1 aliphatic heterocycles. The lowest BCUT2D eigenvalue weighted by atomic mass is 9.96. The number of hydrogen-bond acceptors (Lipinski definition) is 2. The van der Waals surface area contributed by atoms with Gasteiger partial charge in [0.2, 0.25) is 0 Å². The van der Waals surface area contributed by atoms with Crippen molar-refractivity contribution >= 4 is 36.6 Å². The predicted octanol–water partition coefficient (Wildman–Crippen LogP) is 4.96. The first-order valence-corrected chi connectivity index (χ1v) is 8.95. The first kappa shape index (κ1) is 13.8. The zero-order valence-corrected chi connectivity index (χ0v) is 13.5. The third kappa shape index (κ3) is 2.29. The molecule has 0 aliphatic carbocycles. The van der Waals surface area contributed by atoms with Crippen LogP contribution in [-0.4, -0.2) is 18.0 Å². The molecular weight excluding hydrogens is 262 g/mol. The topological polar surface area (TPSA) is 24.1 Å². The number of benzene rings is 2. The van der Waals surface area contributed by atoms with Crippen molar-refractivity contribution in [3.8, 4) is 0 Å². The van der Waals surface area contributed by atoms with Crippen LogP contribution in [0.4, 0.5) is 11.4 Å². The van der Waals surface area contributed by atoms with E-state index < -0.39 is 0 Å². The lowest BCUT2D eigenvalue weighted by Crippen LogP contribution is -2.39. The molecule has 104 valence electrons. The Bertz CT molecular complexity index is 578. The van der Waals surface area contributed by atoms with E-state index in [0.717, 1.165) is 0 Å². The first-order chi connectivity index (χ1) is 9.58. The Balaban J connectivity index is 2.03. The van der Waals surface area contributed by atoms with Crippen LogP contribution < -0.4 is 10.5 Å². The summed E-state index contributed by atoms with van der Waals surface area (Å²) in [5.74, 6) is 0. The minimum Gasteiger partial charge on any atom is -0.405 e. The van der Waals surface area contributed by atoms with E-state index in [1.165, 1.54) is 22.1 Å². The normalized spacial score (nSPS) is 14.1. The van der Waals surface area contributed by atoms with Gasteiger partial charge in [-0.1, -0.05) is 59.8 Å². The van der Waals surface area contributed by atoms with Crippen LogP contribution in [-0.2, 0) is 0 Å². The standard InChI is InChI=1S/C16H22BN2P/c1-11(2)20(12(3)4)17-18-14-9-5-7-13-8-6-10-15(19-17)16(13)14/h5-12,18-19H,1-4H3. The van der Waals surface area contributed by atoms with E-state index in [-0.39, 0.29) is 7.80 Å². The molecule has 2 aromatic carbocycles. The monoisotopic (exact) mass is 284 g/mol. The summed E-state index contributed by atoms with van der Waals surface area (Å²) < 4.78 is 0. The molecule has 1 heterocycles. The summed E-state index contributed by atoms with van der Waals surface area (Å²) in [6, 6.07) is 13.1. The van der Waals surface area contributed by atoms with Gasteiger partial charge in [-0.05, 0) is 28.8 Å². The molecule has 0 atom stereocenters. The van der Waals surface area contributed by atoms with Gasteiger partial charge in [-0.15, -0.1) is 0 Å². The SMILES string of the molecule is CC(C)P(B1Nc2cccc3cccc(c23)N1)C(C)C. The molecule has 0 radical (unpaired) electrons. The van der Waals surface area contributed by atoms with Crippen LogP contribution in [0.1, 0.15) is 27.7 Å². The molecule has 2 aromatic rings. The average molecular weight is 284 g/mol. The minimum absolute atomic E-state index is 0.126. The molecule has 2 nitrogen and oxygen atoms in total. The molecule has 0 fully saturated rings. The van der Waals surface area contributed by atoms with Crippen molar-refractivity contribution in [3.63, 3.8) is 0 Å². The van der Waals surface area contributed by atoms with Gasteiger partial charge in [-0.25, -0.2) is 0 Å². The van der Waals surface area contributed by atoms with Crippen molar-refractivity contribution in [2.24, 2.45) is 0 Å². The smallest absolute Gasteiger partial charge is 0.399 e. The van der Waals surface area contributed by atoms with Crippen molar-refractivity contribution in [2.45, 2.75) is 39.0 Å². The number of nitrogens with one attached hydrogen (secondary N) is 2. The summed E-state index contributed by atoms with van der Waals surface area (Å²) in [5, 5.41) is 10.1. The quantitative estimate of drug-likeness (QED) is 0.614. The highest BCUT2D eigenvalue weighted by atomic mass is 31.1. The molecule has 0 unspecified atom stereocenters. The lowest BCUT2D eigenvalue weighted by Gasteiger charge is -2.36. The molecule has 3 rings (SSSR count). The fourth-order valence-corrected chi connectivity index (χ4v) is 6.22. The molecule has 0 bridgehead atoms.